The van der Waals surface area contributed by atoms with E-state index in [1.807, 2.05) is 0 Å². The molecule has 1 unspecified atom stereocenters. The van der Waals surface area contributed by atoms with Gasteiger partial charge in [0.15, 0.2) is 12.2 Å². The minimum atomic E-state index is -4.25. The number of nitrogens with zero attached hydrogens (tertiary/aromatic N) is 2. The van der Waals surface area contributed by atoms with Gasteiger partial charge in [0.1, 0.15) is 5.69 Å². The molecule has 6 heteroatoms. The second kappa shape index (κ2) is 4.20. The molecule has 0 saturated carbocycles. The van der Waals surface area contributed by atoms with Gasteiger partial charge in [0, 0.05) is 6.20 Å². The van der Waals surface area contributed by atoms with Crippen LogP contribution in [-0.2, 0) is 0 Å². The number of halogens is 3. The minimum absolute atomic E-state index is 0.126. The lowest BCUT2D eigenvalue weighted by Crippen LogP contribution is -2.17. The van der Waals surface area contributed by atoms with Gasteiger partial charge in [-0.05, 0) is 18.6 Å². The van der Waals surface area contributed by atoms with Crippen molar-refractivity contribution in [3.63, 3.8) is 0 Å². The molecule has 0 aliphatic heterocycles. The molecule has 2 aromatic heterocycles. The Morgan fingerprint density at radius 3 is 2.47 bits per heavy atom. The second-order valence-electron chi connectivity index (χ2n) is 3.61. The predicted octanol–water partition coefficient (Wildman–Crippen LogP) is 3.40. The molecule has 0 aromatic carbocycles. The lowest BCUT2D eigenvalue weighted by molar-refractivity contribution is -0.146. The Morgan fingerprint density at radius 1 is 1.24 bits per heavy atom. The van der Waals surface area contributed by atoms with Crippen molar-refractivity contribution in [1.29, 1.82) is 0 Å². The molecule has 3 nitrogen and oxygen atoms in total. The van der Waals surface area contributed by atoms with E-state index in [9.17, 15) is 13.2 Å². The summed E-state index contributed by atoms with van der Waals surface area (Å²) in [5.41, 5.74) is 0.585. The average molecular weight is 242 g/mol. The quantitative estimate of drug-likeness (QED) is 0.810. The van der Waals surface area contributed by atoms with Crippen molar-refractivity contribution < 1.29 is 17.6 Å². The predicted molar refractivity (Wildman–Crippen MR) is 54.2 cm³/mol. The van der Waals surface area contributed by atoms with Gasteiger partial charge in [-0.1, -0.05) is 6.07 Å². The maximum absolute atomic E-state index is 12.5. The number of hydrogen-bond donors (Lipinski definition) is 0. The maximum atomic E-state index is 12.5. The fraction of sp³-hybridized carbons (Fsp3) is 0.273. The first kappa shape index (κ1) is 11.6. The van der Waals surface area contributed by atoms with E-state index in [0.717, 1.165) is 6.92 Å². The SMILES string of the molecule is CC(c1ccc(-c2cnco2)nc1)C(F)(F)F. The maximum Gasteiger partial charge on any atom is 0.395 e. The molecule has 2 heterocycles. The zero-order valence-corrected chi connectivity index (χ0v) is 8.90. The van der Waals surface area contributed by atoms with Crippen LogP contribution in [0, 0.1) is 0 Å². The summed E-state index contributed by atoms with van der Waals surface area (Å²) in [6, 6.07) is 2.88. The first-order valence-corrected chi connectivity index (χ1v) is 4.90. The molecule has 0 saturated heterocycles. The van der Waals surface area contributed by atoms with Crippen LogP contribution in [0.5, 0.6) is 0 Å². The summed E-state index contributed by atoms with van der Waals surface area (Å²) in [5.74, 6) is -1.10. The molecule has 0 aliphatic carbocycles. The van der Waals surface area contributed by atoms with Crippen LogP contribution in [0.1, 0.15) is 18.4 Å². The molecule has 1 atom stereocenters. The van der Waals surface area contributed by atoms with Crippen LogP contribution < -0.4 is 0 Å². The number of alkyl halides is 3. The van der Waals surface area contributed by atoms with Crippen LogP contribution in [0.25, 0.3) is 11.5 Å². The van der Waals surface area contributed by atoms with Crippen molar-refractivity contribution in [3.05, 3.63) is 36.5 Å². The summed E-state index contributed by atoms with van der Waals surface area (Å²) in [7, 11) is 0. The smallest absolute Gasteiger partial charge is 0.395 e. The van der Waals surface area contributed by atoms with Crippen LogP contribution >= 0.6 is 0 Å². The fourth-order valence-electron chi connectivity index (χ4n) is 1.34. The van der Waals surface area contributed by atoms with E-state index in [0.29, 0.717) is 11.5 Å². The van der Waals surface area contributed by atoms with Gasteiger partial charge in [0.2, 0.25) is 0 Å². The highest BCUT2D eigenvalue weighted by Gasteiger charge is 2.37. The molecular formula is C11H9F3N2O. The first-order valence-electron chi connectivity index (χ1n) is 4.90. The summed E-state index contributed by atoms with van der Waals surface area (Å²) >= 11 is 0. The summed E-state index contributed by atoms with van der Waals surface area (Å²) in [6.45, 7) is 1.10. The van der Waals surface area contributed by atoms with E-state index < -0.39 is 12.1 Å². The topological polar surface area (TPSA) is 38.9 Å². The highest BCUT2D eigenvalue weighted by Crippen LogP contribution is 2.34. The molecule has 0 spiro atoms. The van der Waals surface area contributed by atoms with E-state index in [-0.39, 0.29) is 5.56 Å². The Bertz CT molecular complexity index is 476. The molecule has 0 radical (unpaired) electrons. The highest BCUT2D eigenvalue weighted by atomic mass is 19.4. The van der Waals surface area contributed by atoms with E-state index in [2.05, 4.69) is 9.97 Å². The normalized spacial score (nSPS) is 13.6. The Labute approximate surface area is 95.3 Å². The van der Waals surface area contributed by atoms with Crippen LogP contribution in [0.2, 0.25) is 0 Å². The summed E-state index contributed by atoms with van der Waals surface area (Å²) in [4.78, 5) is 7.63. The Kier molecular flexibility index (Phi) is 2.87. The van der Waals surface area contributed by atoms with E-state index >= 15 is 0 Å². The van der Waals surface area contributed by atoms with Crippen LogP contribution in [0.15, 0.2) is 35.3 Å². The molecule has 2 aromatic rings. The van der Waals surface area contributed by atoms with Gasteiger partial charge in [0.05, 0.1) is 12.1 Å². The van der Waals surface area contributed by atoms with Crippen LogP contribution in [-0.4, -0.2) is 16.1 Å². The van der Waals surface area contributed by atoms with Crippen molar-refractivity contribution in [2.45, 2.75) is 19.0 Å². The number of rotatable bonds is 2. The van der Waals surface area contributed by atoms with Gasteiger partial charge < -0.3 is 4.42 Å². The zero-order valence-electron chi connectivity index (χ0n) is 8.90. The summed E-state index contributed by atoms with van der Waals surface area (Å²) in [5, 5.41) is 0. The summed E-state index contributed by atoms with van der Waals surface area (Å²) < 4.78 is 42.3. The average Bonchev–Trinajstić information content (AvgIpc) is 2.80. The molecule has 17 heavy (non-hydrogen) atoms. The Balaban J connectivity index is 2.25. The third kappa shape index (κ3) is 2.46. The van der Waals surface area contributed by atoms with Gasteiger partial charge in [-0.2, -0.15) is 13.2 Å². The first-order chi connectivity index (χ1) is 7.98. The van der Waals surface area contributed by atoms with Gasteiger partial charge in [-0.15, -0.1) is 0 Å². The molecule has 0 bridgehead atoms. The Hall–Kier alpha value is -1.85. The molecule has 0 fully saturated rings. The van der Waals surface area contributed by atoms with Gasteiger partial charge in [-0.3, -0.25) is 4.98 Å². The van der Waals surface area contributed by atoms with Crippen molar-refractivity contribution >= 4 is 0 Å². The van der Waals surface area contributed by atoms with Crippen molar-refractivity contribution in [3.8, 4) is 11.5 Å². The zero-order chi connectivity index (χ0) is 12.5. The van der Waals surface area contributed by atoms with Crippen molar-refractivity contribution in [2.75, 3.05) is 0 Å². The molecule has 2 rings (SSSR count). The molecule has 0 N–H and O–H groups in total. The standard InChI is InChI=1S/C11H9F3N2O/c1-7(11(12,13)14)8-2-3-9(16-4-8)10-5-15-6-17-10/h2-7H,1H3. The monoisotopic (exact) mass is 242 g/mol. The fourth-order valence-corrected chi connectivity index (χ4v) is 1.34. The third-order valence-corrected chi connectivity index (χ3v) is 2.46. The van der Waals surface area contributed by atoms with Gasteiger partial charge in [-0.25, -0.2) is 4.98 Å². The van der Waals surface area contributed by atoms with Crippen molar-refractivity contribution in [1.82, 2.24) is 9.97 Å². The highest BCUT2D eigenvalue weighted by molar-refractivity contribution is 5.50. The van der Waals surface area contributed by atoms with Gasteiger partial charge in [0.25, 0.3) is 0 Å². The van der Waals surface area contributed by atoms with Crippen molar-refractivity contribution in [2.24, 2.45) is 0 Å². The minimum Gasteiger partial charge on any atom is -0.442 e. The molecular weight excluding hydrogens is 233 g/mol. The lowest BCUT2D eigenvalue weighted by Gasteiger charge is -2.15. The van der Waals surface area contributed by atoms with E-state index in [1.54, 1.807) is 0 Å². The second-order valence-corrected chi connectivity index (χ2v) is 3.61. The summed E-state index contributed by atoms with van der Waals surface area (Å²) in [6.07, 6.45) is -0.357. The third-order valence-electron chi connectivity index (χ3n) is 2.46. The molecule has 0 amide bonds. The molecule has 0 aliphatic rings. The van der Waals surface area contributed by atoms with E-state index in [4.69, 9.17) is 4.42 Å². The number of hydrogen-bond acceptors (Lipinski definition) is 3. The number of pyridine rings is 1. The van der Waals surface area contributed by atoms with E-state index in [1.165, 1.54) is 30.9 Å². The number of aromatic nitrogens is 2. The van der Waals surface area contributed by atoms with Crippen LogP contribution in [0.3, 0.4) is 0 Å². The largest absolute Gasteiger partial charge is 0.442 e. The lowest BCUT2D eigenvalue weighted by atomic mass is 10.0. The Morgan fingerprint density at radius 2 is 2.00 bits per heavy atom. The molecule has 90 valence electrons. The van der Waals surface area contributed by atoms with Crippen LogP contribution in [0.4, 0.5) is 13.2 Å². The number of oxazole rings is 1. The van der Waals surface area contributed by atoms with Gasteiger partial charge >= 0.3 is 6.18 Å².